The molecule has 2 aliphatic rings. The number of urea groups is 1. The highest BCUT2D eigenvalue weighted by atomic mass is 32.2. The highest BCUT2D eigenvalue weighted by molar-refractivity contribution is 8.00. The summed E-state index contributed by atoms with van der Waals surface area (Å²) in [5.74, 6) is 1.85. The Bertz CT molecular complexity index is 1060. The number of carbonyl (C=O) groups is 3. The second-order valence-corrected chi connectivity index (χ2v) is 14.0. The van der Waals surface area contributed by atoms with Crippen molar-refractivity contribution < 1.29 is 28.6 Å². The molecule has 11 nitrogen and oxygen atoms in total. The van der Waals surface area contributed by atoms with Gasteiger partial charge in [0.2, 0.25) is 5.91 Å². The quantitative estimate of drug-likeness (QED) is 0.0832. The molecule has 0 bridgehead atoms. The summed E-state index contributed by atoms with van der Waals surface area (Å²) >= 11 is 1.91. The van der Waals surface area contributed by atoms with Gasteiger partial charge >= 0.3 is 6.03 Å². The van der Waals surface area contributed by atoms with Crippen LogP contribution in [0.25, 0.3) is 0 Å². The number of ether oxygens (including phenoxy) is 3. The van der Waals surface area contributed by atoms with E-state index >= 15 is 0 Å². The molecule has 0 spiro atoms. The molecule has 0 radical (unpaired) electrons. The first kappa shape index (κ1) is 38.1. The number of nitrogens with one attached hydrogen (secondary N) is 4. The average Bonchev–Trinajstić information content (AvgIpc) is 3.51. The van der Waals surface area contributed by atoms with E-state index in [2.05, 4.69) is 42.0 Å². The number of nitrogens with two attached hydrogens (primary N) is 1. The molecule has 2 aliphatic heterocycles. The van der Waals surface area contributed by atoms with Crippen LogP contribution in [0.3, 0.4) is 0 Å². The van der Waals surface area contributed by atoms with Gasteiger partial charge in [0.1, 0.15) is 0 Å². The molecule has 6 N–H and O–H groups in total. The van der Waals surface area contributed by atoms with Crippen LogP contribution in [0, 0.1) is 5.92 Å². The smallest absolute Gasteiger partial charge is 0.315 e. The lowest BCUT2D eigenvalue weighted by Crippen LogP contribution is -2.50. The van der Waals surface area contributed by atoms with Crippen molar-refractivity contribution in [1.82, 2.24) is 21.3 Å². The summed E-state index contributed by atoms with van der Waals surface area (Å²) in [6.45, 7) is 11.4. The van der Waals surface area contributed by atoms with Gasteiger partial charge in [0.05, 0.1) is 38.0 Å². The van der Waals surface area contributed by atoms with Crippen molar-refractivity contribution in [3.63, 3.8) is 0 Å². The van der Waals surface area contributed by atoms with E-state index in [9.17, 15) is 14.4 Å². The second kappa shape index (κ2) is 20.8. The van der Waals surface area contributed by atoms with Gasteiger partial charge in [-0.25, -0.2) is 4.79 Å². The van der Waals surface area contributed by atoms with Crippen LogP contribution < -0.4 is 27.0 Å². The van der Waals surface area contributed by atoms with Crippen LogP contribution in [0.5, 0.6) is 0 Å². The summed E-state index contributed by atoms with van der Waals surface area (Å²) in [6.07, 6.45) is 5.88. The van der Waals surface area contributed by atoms with E-state index in [0.29, 0.717) is 88.3 Å². The van der Waals surface area contributed by atoms with Crippen molar-refractivity contribution in [2.24, 2.45) is 11.7 Å². The fourth-order valence-electron chi connectivity index (χ4n) is 5.89. The topological polar surface area (TPSA) is 153 Å². The Hall–Kier alpha value is -2.38. The SMILES string of the molecule is CC(CN)CC(C)c1ccc(C(=O)NCCCOCCOCCOCCCNC(=O)CCCCC2SC[C@@H]3NC(=O)N[C@]23C)cc1. The first-order chi connectivity index (χ1) is 22.2. The molecule has 0 aromatic heterocycles. The lowest BCUT2D eigenvalue weighted by molar-refractivity contribution is -0.121. The molecule has 12 heteroatoms. The van der Waals surface area contributed by atoms with Crippen LogP contribution in [0.4, 0.5) is 4.79 Å². The molecule has 1 aromatic carbocycles. The van der Waals surface area contributed by atoms with Crippen LogP contribution in [-0.4, -0.2) is 99.7 Å². The zero-order valence-electron chi connectivity index (χ0n) is 28.1. The third-order valence-corrected chi connectivity index (χ3v) is 10.5. The third kappa shape index (κ3) is 13.0. The Morgan fingerprint density at radius 1 is 0.957 bits per heavy atom. The number of amides is 4. The van der Waals surface area contributed by atoms with Crippen molar-refractivity contribution in [2.45, 2.75) is 88.5 Å². The van der Waals surface area contributed by atoms with E-state index in [-0.39, 0.29) is 29.4 Å². The zero-order chi connectivity index (χ0) is 33.2. The molecule has 5 atom stereocenters. The molecule has 0 saturated carbocycles. The van der Waals surface area contributed by atoms with Gasteiger partial charge in [0, 0.05) is 49.3 Å². The average molecular weight is 664 g/mol. The van der Waals surface area contributed by atoms with Crippen LogP contribution in [-0.2, 0) is 19.0 Å². The summed E-state index contributed by atoms with van der Waals surface area (Å²) in [5, 5.41) is 12.4. The predicted octanol–water partition coefficient (Wildman–Crippen LogP) is 3.57. The Kier molecular flexibility index (Phi) is 17.2. The highest BCUT2D eigenvalue weighted by Gasteiger charge is 2.52. The van der Waals surface area contributed by atoms with Crippen molar-refractivity contribution in [3.8, 4) is 0 Å². The summed E-state index contributed by atoms with van der Waals surface area (Å²) in [6, 6.07) is 7.97. The van der Waals surface area contributed by atoms with Crippen molar-refractivity contribution in [1.29, 1.82) is 0 Å². The molecule has 2 fully saturated rings. The molecule has 4 amide bonds. The summed E-state index contributed by atoms with van der Waals surface area (Å²) in [7, 11) is 0. The van der Waals surface area contributed by atoms with Crippen LogP contribution in [0.2, 0.25) is 0 Å². The van der Waals surface area contributed by atoms with E-state index < -0.39 is 0 Å². The molecule has 2 saturated heterocycles. The maximum Gasteiger partial charge on any atom is 0.315 e. The minimum absolute atomic E-state index is 0.0667. The molecule has 260 valence electrons. The maximum absolute atomic E-state index is 12.4. The van der Waals surface area contributed by atoms with E-state index in [1.807, 2.05) is 36.0 Å². The highest BCUT2D eigenvalue weighted by Crippen LogP contribution is 2.41. The molecule has 1 aromatic rings. The van der Waals surface area contributed by atoms with Crippen LogP contribution in [0.1, 0.15) is 87.6 Å². The lowest BCUT2D eigenvalue weighted by atomic mass is 9.88. The summed E-state index contributed by atoms with van der Waals surface area (Å²) < 4.78 is 16.7. The van der Waals surface area contributed by atoms with Crippen LogP contribution >= 0.6 is 11.8 Å². The number of fused-ring (bicyclic) bond motifs is 1. The molecule has 46 heavy (non-hydrogen) atoms. The van der Waals surface area contributed by atoms with Crippen molar-refractivity contribution in [2.75, 3.05) is 65.0 Å². The Labute approximate surface area is 279 Å². The fourth-order valence-corrected chi connectivity index (χ4v) is 7.65. The first-order valence-electron chi connectivity index (χ1n) is 17.0. The van der Waals surface area contributed by atoms with Gasteiger partial charge < -0.3 is 41.2 Å². The van der Waals surface area contributed by atoms with Gasteiger partial charge in [-0.3, -0.25) is 9.59 Å². The number of benzene rings is 1. The molecular formula is C34H57N5O6S. The maximum atomic E-state index is 12.4. The number of carbonyl (C=O) groups excluding carboxylic acids is 3. The number of rotatable bonds is 24. The van der Waals surface area contributed by atoms with E-state index in [1.54, 1.807) is 0 Å². The number of hydrogen-bond acceptors (Lipinski definition) is 8. The molecule has 3 unspecified atom stereocenters. The van der Waals surface area contributed by atoms with Gasteiger partial charge in [-0.2, -0.15) is 11.8 Å². The van der Waals surface area contributed by atoms with E-state index in [4.69, 9.17) is 19.9 Å². The monoisotopic (exact) mass is 663 g/mol. The van der Waals surface area contributed by atoms with Gasteiger partial charge in [-0.05, 0) is 75.1 Å². The third-order valence-electron chi connectivity index (χ3n) is 8.85. The minimum atomic E-state index is -0.178. The van der Waals surface area contributed by atoms with Gasteiger partial charge in [-0.1, -0.05) is 32.4 Å². The molecule has 2 heterocycles. The molecule has 0 aliphatic carbocycles. The van der Waals surface area contributed by atoms with Crippen LogP contribution in [0.15, 0.2) is 24.3 Å². The fraction of sp³-hybridized carbons (Fsp3) is 0.735. The van der Waals surface area contributed by atoms with Gasteiger partial charge in [-0.15, -0.1) is 0 Å². The first-order valence-corrected chi connectivity index (χ1v) is 18.1. The van der Waals surface area contributed by atoms with Gasteiger partial charge in [0.25, 0.3) is 5.91 Å². The zero-order valence-corrected chi connectivity index (χ0v) is 28.9. The predicted molar refractivity (Wildman–Crippen MR) is 183 cm³/mol. The van der Waals surface area contributed by atoms with E-state index in [1.165, 1.54) is 5.56 Å². The lowest BCUT2D eigenvalue weighted by Gasteiger charge is -2.29. The number of hydrogen-bond donors (Lipinski definition) is 5. The Morgan fingerprint density at radius 3 is 2.24 bits per heavy atom. The largest absolute Gasteiger partial charge is 0.379 e. The number of unbranched alkanes of at least 4 members (excludes halogenated alkanes) is 1. The van der Waals surface area contributed by atoms with Crippen molar-refractivity contribution in [3.05, 3.63) is 35.4 Å². The van der Waals surface area contributed by atoms with E-state index in [0.717, 1.165) is 44.3 Å². The molecular weight excluding hydrogens is 606 g/mol. The standard InChI is InChI=1S/C34H57N5O6S/c1-25(23-35)22-26(2)27-10-12-28(13-11-27)32(41)37-15-7-17-44-19-21-45-20-18-43-16-6-14-36-31(40)9-5-4-8-30-34(3)29(24-46-30)38-33(42)39-34/h10-13,25-26,29-30H,4-9,14-24,35H2,1-3H3,(H,36,40)(H,37,41)(H2,38,39,42)/t25?,26?,29-,30?,34-/m0/s1. The summed E-state index contributed by atoms with van der Waals surface area (Å²) in [5.41, 5.74) is 7.45. The molecule has 3 rings (SSSR count). The Morgan fingerprint density at radius 2 is 1.59 bits per heavy atom. The Balaban J connectivity index is 1.05. The number of thioether (sulfide) groups is 1. The second-order valence-electron chi connectivity index (χ2n) is 12.8. The minimum Gasteiger partial charge on any atom is -0.379 e. The van der Waals surface area contributed by atoms with Gasteiger partial charge in [0.15, 0.2) is 0 Å². The normalized spacial score (nSPS) is 21.7. The summed E-state index contributed by atoms with van der Waals surface area (Å²) in [4.78, 5) is 36.2. The van der Waals surface area contributed by atoms with Crippen molar-refractivity contribution >= 4 is 29.6 Å².